The molecule has 0 bridgehead atoms. The number of aromatic amines is 2. The van der Waals surface area contributed by atoms with Gasteiger partial charge in [-0.2, -0.15) is 7.11 Å². The molecule has 8 fully saturated rings. The molecule has 9 heterocycles. The SMILES string of the molecule is BrBr.C.CC1(C)COC2(CC=C(c3c[nH]c4cc(C(=O)O)ccc34)CC2)OC1.CC1(C)COC2(CCC(=O)CC2)OC1.COC(=O)c1ccc2c(C3CCC(=O)CC3)cn(C)c2c1.COC(=O)c1ccc2c(C3CCC(F)(F)CC3)c(Br)n(C)c2c1.COC(=O)c1ccc2c(C3CCC(F)(F)CC3)cn(C)c2c1.COC(=O)c1ccc2c(C3CCC4(CC3)OCC(C)(C)CO4)cn(C)c2c1.C[O-].O=C(O)c1ccc2cc[nH]c2c1.[HH].[Na+]. The Balaban J connectivity index is 0.000000180. The molecular formula is C115H142Br3F4N6NaO21. The molecule has 27 nitrogen and oxygen atoms in total. The number of esters is 4. The third-order valence-electron chi connectivity index (χ3n) is 29.8. The number of benzene rings is 6. The maximum absolute atomic E-state index is 13.4. The number of alkyl halides is 4. The average Bonchev–Trinajstić information content (AvgIpc) is 1.58. The van der Waals surface area contributed by atoms with E-state index < -0.39 is 35.4 Å². The minimum atomic E-state index is -2.54. The number of rotatable bonds is 11. The van der Waals surface area contributed by atoms with E-state index in [9.17, 15) is 55.9 Å². The summed E-state index contributed by atoms with van der Waals surface area (Å²) in [5.41, 5.74) is 15.9. The zero-order valence-electron chi connectivity index (χ0n) is 87.8. The molecule has 5 saturated carbocycles. The number of allylic oxidation sites excluding steroid dienone is 1. The molecule has 9 aliphatic rings. The first-order valence-electron chi connectivity index (χ1n) is 50.2. The van der Waals surface area contributed by atoms with Gasteiger partial charge in [0, 0.05) is 261 Å². The third-order valence-corrected chi connectivity index (χ3v) is 30.8. The summed E-state index contributed by atoms with van der Waals surface area (Å²) in [4.78, 5) is 97.1. The molecule has 35 heteroatoms. The van der Waals surface area contributed by atoms with Crippen LogP contribution in [0.15, 0.2) is 157 Å². The van der Waals surface area contributed by atoms with Gasteiger partial charge in [-0.15, -0.1) is 0 Å². The van der Waals surface area contributed by atoms with Crippen molar-refractivity contribution in [3.05, 3.63) is 218 Å². The molecule has 6 aromatic carbocycles. The van der Waals surface area contributed by atoms with Crippen LogP contribution in [-0.2, 0) is 85.1 Å². The van der Waals surface area contributed by atoms with Crippen molar-refractivity contribution in [2.24, 2.45) is 44.4 Å². The van der Waals surface area contributed by atoms with Gasteiger partial charge in [0.25, 0.3) is 0 Å². The minimum absolute atomic E-state index is 0. The second kappa shape index (κ2) is 51.6. The quantitative estimate of drug-likeness (QED) is 0.0404. The molecule has 3 spiro atoms. The van der Waals surface area contributed by atoms with E-state index >= 15 is 0 Å². The minimum Gasteiger partial charge on any atom is -0.857 e. The summed E-state index contributed by atoms with van der Waals surface area (Å²) < 4.78 is 118. The number of ketones is 2. The zero-order valence-corrected chi connectivity index (χ0v) is 94.6. The maximum atomic E-state index is 13.4. The van der Waals surface area contributed by atoms with Gasteiger partial charge >= 0.3 is 65.4 Å². The van der Waals surface area contributed by atoms with Gasteiger partial charge in [-0.1, -0.05) is 91.4 Å². The summed E-state index contributed by atoms with van der Waals surface area (Å²) >= 11 is 9.10. The van der Waals surface area contributed by atoms with Crippen molar-refractivity contribution in [1.29, 1.82) is 0 Å². The van der Waals surface area contributed by atoms with Gasteiger partial charge < -0.3 is 90.9 Å². The van der Waals surface area contributed by atoms with E-state index in [2.05, 4.69) is 125 Å². The number of aryl methyl sites for hydroxylation is 4. The summed E-state index contributed by atoms with van der Waals surface area (Å²) in [6.07, 6.45) is 26.4. The fraction of sp³-hybridized carbons (Fsp3) is 0.496. The fourth-order valence-corrected chi connectivity index (χ4v) is 21.8. The monoisotopic (exact) mass is 2280 g/mol. The number of H-pyrrole nitrogens is 2. The van der Waals surface area contributed by atoms with Crippen LogP contribution in [0.2, 0.25) is 0 Å². The van der Waals surface area contributed by atoms with E-state index in [1.54, 1.807) is 60.8 Å². The molecule has 3 aliphatic heterocycles. The summed E-state index contributed by atoms with van der Waals surface area (Å²) in [6, 6.07) is 34.4. The van der Waals surface area contributed by atoms with Crippen molar-refractivity contribution >= 4 is 163 Å². The molecule has 21 rings (SSSR count). The average molecular weight is 2280 g/mol. The Kier molecular flexibility index (Phi) is 41.5. The van der Waals surface area contributed by atoms with Crippen molar-refractivity contribution in [1.82, 2.24) is 28.2 Å². The Morgan fingerprint density at radius 1 is 0.413 bits per heavy atom. The van der Waals surface area contributed by atoms with E-state index in [4.69, 9.17) is 62.7 Å². The van der Waals surface area contributed by atoms with Crippen molar-refractivity contribution in [2.45, 2.75) is 250 Å². The largest absolute Gasteiger partial charge is 1.00 e. The van der Waals surface area contributed by atoms with Gasteiger partial charge in [0.15, 0.2) is 17.4 Å². The van der Waals surface area contributed by atoms with E-state index in [0.717, 1.165) is 193 Å². The van der Waals surface area contributed by atoms with Crippen molar-refractivity contribution < 1.29 is 150 Å². The number of halogens is 7. The van der Waals surface area contributed by atoms with Crippen LogP contribution in [0.5, 0.6) is 0 Å². The summed E-state index contributed by atoms with van der Waals surface area (Å²) in [6.45, 7) is 17.4. The molecule has 12 aromatic rings. The standard InChI is InChI=1S/C22H29NO4.C20H23NO4.C17H18BrF2NO2.C17H19F2NO2.C17H19NO3.C11H18O3.C9H7NO2.CH3O.CH4.Br2.Na.H2/c1-21(2)13-26-22(27-14-21)9-7-15(8-10-22)18-12-23(3)19-11-16(20(24)25-4)5-6-17(18)19;1-19(2)11-24-20(25-12-19)7-5-13(6-8-20)16-10-21-17-9-14(18(22)23)3-4-15(16)17;1-21-13-9-11(16(22)23-2)3-4-12(13)14(15(21)18)10-5-7-17(19,20)8-6-10;1-20-10-14(11-5-7-17(18,19)8-6-11)13-4-3-12(9-15(13)20)16(21)22-2;1-18-10-15(11-3-6-13(19)7-4-11)14-8-5-12(9-16(14)18)17(20)21-2;1-10(2)7-13-11(14-8-10)5-3-9(12)4-6-11;11-9(12)7-2-1-6-3-4-10-8(6)5-7;1-2;;1-2;;/h5-6,11-12,15H,7-10,13-14H2,1-4H3;3-5,9-10,21H,6-8,11-12H2,1-2H3,(H,22,23);3-4,9-10H,5-8H2,1-2H3;3-4,9-11H,5-8H2,1-2H3;5,8-11H,3-4,6-7H2,1-2H3;3-8H2,1-2H3;1-5,10H,(H,11,12);1H3;1H4;;;1H/q;;;;;;;-1;;;+1;. The molecule has 0 amide bonds. The van der Waals surface area contributed by atoms with Crippen LogP contribution >= 0.6 is 44.2 Å². The zero-order chi connectivity index (χ0) is 107. The van der Waals surface area contributed by atoms with Crippen LogP contribution < -0.4 is 34.7 Å². The molecule has 0 radical (unpaired) electrons. The first-order valence-corrected chi connectivity index (χ1v) is 54.7. The first kappa shape index (κ1) is 121. The van der Waals surface area contributed by atoms with Crippen LogP contribution in [0.1, 0.15) is 312 Å². The number of methoxy groups -OCH3 is 4. The number of fused-ring (bicyclic) bond motifs is 6. The van der Waals surface area contributed by atoms with Crippen LogP contribution in [0.25, 0.3) is 71.0 Å². The van der Waals surface area contributed by atoms with Crippen molar-refractivity contribution in [3.63, 3.8) is 0 Å². The normalized spacial score (nSPS) is 19.3. The van der Waals surface area contributed by atoms with Crippen molar-refractivity contribution in [2.75, 3.05) is 75.2 Å². The number of hydrogen-bond acceptors (Lipinski definition) is 19. The molecule has 3 saturated heterocycles. The van der Waals surface area contributed by atoms with Crippen LogP contribution in [0, 0.1) is 16.2 Å². The number of nitrogens with zero attached hydrogens (tertiary/aromatic N) is 4. The third kappa shape index (κ3) is 29.1. The number of carbonyl (C=O) groups is 8. The van der Waals surface area contributed by atoms with E-state index in [-0.39, 0.29) is 122 Å². The molecule has 6 aliphatic carbocycles. The molecule has 6 aromatic heterocycles. The van der Waals surface area contributed by atoms with Crippen LogP contribution in [0.3, 0.4) is 0 Å². The molecule has 0 atom stereocenters. The van der Waals surface area contributed by atoms with Gasteiger partial charge in [-0.25, -0.2) is 46.3 Å². The van der Waals surface area contributed by atoms with Gasteiger partial charge in [0.2, 0.25) is 11.8 Å². The maximum Gasteiger partial charge on any atom is 1.00 e. The Bertz CT molecular complexity index is 6770. The number of aromatic carboxylic acids is 2. The molecule has 808 valence electrons. The van der Waals surface area contributed by atoms with E-state index in [1.807, 2.05) is 109 Å². The summed E-state index contributed by atoms with van der Waals surface area (Å²) in [5, 5.41) is 32.6. The molecule has 4 N–H and O–H groups in total. The predicted octanol–water partition coefficient (Wildman–Crippen LogP) is 23.4. The Morgan fingerprint density at radius 2 is 0.747 bits per heavy atom. The topological polar surface area (TPSA) is 344 Å². The molecule has 0 unspecified atom stereocenters. The number of aromatic nitrogens is 6. The van der Waals surface area contributed by atoms with Gasteiger partial charge in [-0.05, 0) is 209 Å². The number of Topliss-reactive ketones (excluding diaryl/α,β-unsaturated/α-hetero) is 2. The molecular weight excluding hydrogens is 2140 g/mol. The summed E-state index contributed by atoms with van der Waals surface area (Å²) in [5.74, 6) is -7.60. The van der Waals surface area contributed by atoms with Gasteiger partial charge in [-0.3, -0.25) is 9.59 Å². The number of carbonyl (C=O) groups excluding carboxylic acids is 6. The van der Waals surface area contributed by atoms with Crippen LogP contribution in [-0.4, -0.2) is 190 Å². The predicted molar refractivity (Wildman–Crippen MR) is 578 cm³/mol. The summed E-state index contributed by atoms with van der Waals surface area (Å²) in [7, 11) is 14.1. The van der Waals surface area contributed by atoms with E-state index in [1.165, 1.54) is 55.9 Å². The Morgan fingerprint density at radius 3 is 1.14 bits per heavy atom. The number of carboxylic acids is 2. The Hall–Kier alpha value is -9.66. The second-order valence-electron chi connectivity index (χ2n) is 42.4. The van der Waals surface area contributed by atoms with Gasteiger partial charge in [0.1, 0.15) is 11.6 Å². The van der Waals surface area contributed by atoms with Crippen LogP contribution in [0.4, 0.5) is 17.6 Å². The van der Waals surface area contributed by atoms with E-state index in [0.29, 0.717) is 108 Å². The number of nitrogens with one attached hydrogen (secondary N) is 2. The number of ether oxygens (including phenoxy) is 10. The fourth-order valence-electron chi connectivity index (χ4n) is 21.0. The Labute approximate surface area is 920 Å². The number of hydrogen-bond donors (Lipinski definition) is 4. The molecule has 150 heavy (non-hydrogen) atoms. The smallest absolute Gasteiger partial charge is 0.857 e. The second-order valence-corrected chi connectivity index (χ2v) is 43.1. The van der Waals surface area contributed by atoms with Crippen molar-refractivity contribution in [3.8, 4) is 0 Å². The van der Waals surface area contributed by atoms with Gasteiger partial charge in [0.05, 0.1) is 106 Å². The number of carboxylic acid groups (broad SMARTS) is 2. The first-order chi connectivity index (χ1) is 70.3.